The number of ether oxygens (including phenoxy) is 3. The van der Waals surface area contributed by atoms with Crippen molar-refractivity contribution in [3.63, 3.8) is 0 Å². The van der Waals surface area contributed by atoms with E-state index in [0.717, 1.165) is 17.7 Å². The molecule has 3 aromatic rings. The monoisotopic (exact) mass is 435 g/mol. The van der Waals surface area contributed by atoms with Crippen molar-refractivity contribution in [2.24, 2.45) is 0 Å². The van der Waals surface area contributed by atoms with E-state index >= 15 is 0 Å². The topological polar surface area (TPSA) is 88.7 Å². The SMILES string of the molecule is O=[N+]([O-])c1cn2c(n1)OC[C@@H](OCc1ccc(Oc3ccc(C(F)(F)F)cc3)cc1)C2. The Bertz CT molecular complexity index is 1070. The zero-order valence-corrected chi connectivity index (χ0v) is 15.9. The van der Waals surface area contributed by atoms with Crippen LogP contribution in [-0.4, -0.2) is 27.2 Å². The van der Waals surface area contributed by atoms with Gasteiger partial charge in [-0.25, -0.2) is 0 Å². The summed E-state index contributed by atoms with van der Waals surface area (Å²) in [6, 6.07) is 11.6. The van der Waals surface area contributed by atoms with Crippen LogP contribution in [0.15, 0.2) is 54.7 Å². The van der Waals surface area contributed by atoms with Gasteiger partial charge in [-0.3, -0.25) is 4.57 Å². The maximum Gasteiger partial charge on any atom is 0.416 e. The van der Waals surface area contributed by atoms with Gasteiger partial charge in [-0.05, 0) is 46.9 Å². The molecule has 0 N–H and O–H groups in total. The van der Waals surface area contributed by atoms with Crippen molar-refractivity contribution in [2.75, 3.05) is 6.61 Å². The summed E-state index contributed by atoms with van der Waals surface area (Å²) in [5.41, 5.74) is 0.110. The Morgan fingerprint density at radius 3 is 2.39 bits per heavy atom. The third-order valence-corrected chi connectivity index (χ3v) is 4.54. The molecule has 2 heterocycles. The van der Waals surface area contributed by atoms with Crippen LogP contribution in [0, 0.1) is 10.1 Å². The molecule has 4 rings (SSSR count). The number of benzene rings is 2. The summed E-state index contributed by atoms with van der Waals surface area (Å²) >= 11 is 0. The van der Waals surface area contributed by atoms with Crippen LogP contribution in [0.1, 0.15) is 11.1 Å². The molecular formula is C20H16F3N3O5. The normalized spacial score (nSPS) is 15.8. The molecule has 0 aliphatic carbocycles. The van der Waals surface area contributed by atoms with Gasteiger partial charge in [-0.15, -0.1) is 0 Å². The molecule has 0 unspecified atom stereocenters. The van der Waals surface area contributed by atoms with Gasteiger partial charge in [0.25, 0.3) is 0 Å². The molecule has 8 nitrogen and oxygen atoms in total. The highest BCUT2D eigenvalue weighted by atomic mass is 19.4. The Morgan fingerprint density at radius 1 is 1.13 bits per heavy atom. The molecule has 0 saturated carbocycles. The first-order valence-corrected chi connectivity index (χ1v) is 9.18. The van der Waals surface area contributed by atoms with E-state index in [4.69, 9.17) is 14.2 Å². The lowest BCUT2D eigenvalue weighted by Gasteiger charge is -2.22. The summed E-state index contributed by atoms with van der Waals surface area (Å²) in [4.78, 5) is 14.0. The van der Waals surface area contributed by atoms with Gasteiger partial charge < -0.3 is 24.3 Å². The molecule has 0 fully saturated rings. The summed E-state index contributed by atoms with van der Waals surface area (Å²) in [5.74, 6) is 0.487. The Labute approximate surface area is 173 Å². The lowest BCUT2D eigenvalue weighted by molar-refractivity contribution is -0.389. The van der Waals surface area contributed by atoms with Crippen molar-refractivity contribution in [1.82, 2.24) is 9.55 Å². The van der Waals surface area contributed by atoms with Gasteiger partial charge in [-0.1, -0.05) is 12.1 Å². The summed E-state index contributed by atoms with van der Waals surface area (Å²) in [5, 5.41) is 10.8. The number of fused-ring (bicyclic) bond motifs is 1. The van der Waals surface area contributed by atoms with Crippen LogP contribution in [0.4, 0.5) is 19.0 Å². The van der Waals surface area contributed by atoms with Crippen LogP contribution >= 0.6 is 0 Å². The third-order valence-electron chi connectivity index (χ3n) is 4.54. The molecular weight excluding hydrogens is 419 g/mol. The van der Waals surface area contributed by atoms with Crippen molar-refractivity contribution in [3.05, 3.63) is 76.0 Å². The largest absolute Gasteiger partial charge is 0.457 e. The molecule has 0 bridgehead atoms. The number of nitro groups is 1. The Hall–Kier alpha value is -3.60. The molecule has 1 aliphatic rings. The van der Waals surface area contributed by atoms with Gasteiger partial charge in [0.2, 0.25) is 0 Å². The van der Waals surface area contributed by atoms with Crippen LogP contribution in [0.5, 0.6) is 17.5 Å². The first-order valence-electron chi connectivity index (χ1n) is 9.18. The predicted octanol–water partition coefficient (Wildman–Crippen LogP) is 4.58. The van der Waals surface area contributed by atoms with Gasteiger partial charge in [0.1, 0.15) is 30.4 Å². The standard InChI is InChI=1S/C20H16F3N3O5/c21-20(22,23)14-3-7-16(8-4-14)31-15-5-1-13(2-6-15)11-29-17-9-25-10-18(26(27)28)24-19(25)30-12-17/h1-8,10,17H,9,11-12H2/t17-/m0/s1. The number of rotatable bonds is 6. The molecule has 1 atom stereocenters. The average Bonchev–Trinajstić information content (AvgIpc) is 3.17. The molecule has 11 heteroatoms. The van der Waals surface area contributed by atoms with Crippen molar-refractivity contribution >= 4 is 5.82 Å². The number of hydrogen-bond acceptors (Lipinski definition) is 6. The highest BCUT2D eigenvalue weighted by Crippen LogP contribution is 2.31. The van der Waals surface area contributed by atoms with E-state index in [-0.39, 0.29) is 31.1 Å². The van der Waals surface area contributed by atoms with Crippen molar-refractivity contribution < 1.29 is 32.3 Å². The van der Waals surface area contributed by atoms with Crippen LogP contribution in [0.2, 0.25) is 0 Å². The summed E-state index contributed by atoms with van der Waals surface area (Å²) in [7, 11) is 0. The lowest BCUT2D eigenvalue weighted by atomic mass is 10.2. The maximum absolute atomic E-state index is 12.6. The summed E-state index contributed by atoms with van der Waals surface area (Å²) < 4.78 is 56.1. The average molecular weight is 435 g/mol. The number of aromatic nitrogens is 2. The molecule has 2 aromatic carbocycles. The fourth-order valence-corrected chi connectivity index (χ4v) is 2.98. The number of halogens is 3. The zero-order valence-electron chi connectivity index (χ0n) is 15.9. The Kier molecular flexibility index (Phi) is 5.51. The minimum Gasteiger partial charge on any atom is -0.457 e. The fourth-order valence-electron chi connectivity index (χ4n) is 2.98. The second kappa shape index (κ2) is 8.26. The molecule has 1 aliphatic heterocycles. The fraction of sp³-hybridized carbons (Fsp3) is 0.250. The first-order chi connectivity index (χ1) is 14.8. The van der Waals surface area contributed by atoms with Crippen molar-refractivity contribution in [1.29, 1.82) is 0 Å². The van der Waals surface area contributed by atoms with Gasteiger partial charge in [0, 0.05) is 4.98 Å². The van der Waals surface area contributed by atoms with Gasteiger partial charge in [-0.2, -0.15) is 13.2 Å². The van der Waals surface area contributed by atoms with Crippen LogP contribution in [0.3, 0.4) is 0 Å². The van der Waals surface area contributed by atoms with E-state index in [0.29, 0.717) is 18.0 Å². The minimum atomic E-state index is -4.39. The quantitative estimate of drug-likeness (QED) is 0.416. The first kappa shape index (κ1) is 20.7. The van der Waals surface area contributed by atoms with E-state index in [9.17, 15) is 23.3 Å². The Morgan fingerprint density at radius 2 is 1.77 bits per heavy atom. The predicted molar refractivity (Wildman–Crippen MR) is 101 cm³/mol. The third kappa shape index (κ3) is 4.94. The van der Waals surface area contributed by atoms with E-state index in [2.05, 4.69) is 4.98 Å². The minimum absolute atomic E-state index is 0.191. The summed E-state index contributed by atoms with van der Waals surface area (Å²) in [6.07, 6.45) is -3.39. The molecule has 0 saturated heterocycles. The molecule has 0 radical (unpaired) electrons. The van der Waals surface area contributed by atoms with Gasteiger partial charge in [0.05, 0.1) is 18.7 Å². The highest BCUT2D eigenvalue weighted by molar-refractivity contribution is 5.35. The smallest absolute Gasteiger partial charge is 0.416 e. The van der Waals surface area contributed by atoms with Crippen molar-refractivity contribution in [2.45, 2.75) is 25.4 Å². The molecule has 31 heavy (non-hydrogen) atoms. The molecule has 1 aromatic heterocycles. The van der Waals surface area contributed by atoms with Crippen LogP contribution < -0.4 is 9.47 Å². The summed E-state index contributed by atoms with van der Waals surface area (Å²) in [6.45, 7) is 0.884. The van der Waals surface area contributed by atoms with Crippen molar-refractivity contribution in [3.8, 4) is 17.5 Å². The molecule has 0 spiro atoms. The number of hydrogen-bond donors (Lipinski definition) is 0. The van der Waals surface area contributed by atoms with Crippen LogP contribution in [0.25, 0.3) is 0 Å². The van der Waals surface area contributed by atoms with E-state index < -0.39 is 16.7 Å². The molecule has 0 amide bonds. The van der Waals surface area contributed by atoms with E-state index in [1.165, 1.54) is 22.9 Å². The second-order valence-corrected chi connectivity index (χ2v) is 6.80. The lowest BCUT2D eigenvalue weighted by Crippen LogP contribution is -2.32. The van der Waals surface area contributed by atoms with Crippen LogP contribution in [-0.2, 0) is 24.1 Å². The molecule has 162 valence electrons. The second-order valence-electron chi connectivity index (χ2n) is 6.80. The number of imidazole rings is 1. The maximum atomic E-state index is 12.6. The number of alkyl halides is 3. The Balaban J connectivity index is 1.30. The van der Waals surface area contributed by atoms with Gasteiger partial charge >= 0.3 is 18.0 Å². The van der Waals surface area contributed by atoms with E-state index in [1.54, 1.807) is 24.3 Å². The highest BCUT2D eigenvalue weighted by Gasteiger charge is 2.30. The van der Waals surface area contributed by atoms with Gasteiger partial charge in [0.15, 0.2) is 0 Å². The number of nitrogens with zero attached hydrogens (tertiary/aromatic N) is 3. The zero-order chi connectivity index (χ0) is 22.0. The van der Waals surface area contributed by atoms with E-state index in [1.807, 2.05) is 0 Å².